The maximum absolute atomic E-state index is 11.1. The van der Waals surface area contributed by atoms with E-state index in [4.69, 9.17) is 9.32 Å². The van der Waals surface area contributed by atoms with E-state index in [0.29, 0.717) is 6.54 Å². The van der Waals surface area contributed by atoms with Gasteiger partial charge in [-0.15, -0.1) is 0 Å². The third-order valence-electron chi connectivity index (χ3n) is 4.10. The Labute approximate surface area is 156 Å². The van der Waals surface area contributed by atoms with Crippen molar-refractivity contribution in [3.63, 3.8) is 0 Å². The molecule has 4 rings (SSSR count). The molecule has 1 aromatic heterocycles. The number of nitrogens with two attached hydrogens (primary N) is 1. The van der Waals surface area contributed by atoms with Crippen molar-refractivity contribution < 1.29 is 12.6 Å². The van der Waals surface area contributed by atoms with Crippen LogP contribution in [0.15, 0.2) is 73.3 Å². The molecule has 0 bridgehead atoms. The maximum Gasteiger partial charge on any atom is 0.380 e. The number of nitrogens with zero attached hydrogens (tertiary/aromatic N) is 3. The van der Waals surface area contributed by atoms with Gasteiger partial charge in [0.05, 0.1) is 6.54 Å². The highest BCUT2D eigenvalue weighted by Crippen LogP contribution is 2.28. The lowest BCUT2D eigenvalue weighted by Gasteiger charge is -2.08. The summed E-state index contributed by atoms with van der Waals surface area (Å²) in [5, 5.41) is 10.9. The molecule has 8 heteroatoms. The van der Waals surface area contributed by atoms with Crippen molar-refractivity contribution in [3.8, 4) is 16.9 Å². The van der Waals surface area contributed by atoms with Crippen LogP contribution in [0.5, 0.6) is 5.75 Å². The molecule has 0 radical (unpaired) electrons. The molecule has 1 heterocycles. The van der Waals surface area contributed by atoms with Crippen LogP contribution in [0.4, 0.5) is 0 Å². The standard InChI is InChI=1S/C19H16N4O3S/c20-27(24,25)26-19-7-6-17-9-16(4-5-18(17)10-19)15-3-1-2-14(8-15)11-23-13-21-12-22-23/h1-10,12-13H,11H2,(H2,20,24,25). The lowest BCUT2D eigenvalue weighted by Crippen LogP contribution is -2.18. The van der Waals surface area contributed by atoms with E-state index in [9.17, 15) is 8.42 Å². The number of hydrogen-bond donors (Lipinski definition) is 1. The summed E-state index contributed by atoms with van der Waals surface area (Å²) >= 11 is 0. The van der Waals surface area contributed by atoms with Crippen molar-refractivity contribution in [2.24, 2.45) is 5.14 Å². The highest BCUT2D eigenvalue weighted by Gasteiger charge is 2.07. The molecule has 7 nitrogen and oxygen atoms in total. The third-order valence-corrected chi connectivity index (χ3v) is 4.52. The second-order valence-corrected chi connectivity index (χ2v) is 7.25. The van der Waals surface area contributed by atoms with E-state index in [1.54, 1.807) is 29.2 Å². The second-order valence-electron chi connectivity index (χ2n) is 6.09. The van der Waals surface area contributed by atoms with Crippen molar-refractivity contribution in [1.29, 1.82) is 0 Å². The molecule has 0 aliphatic heterocycles. The zero-order valence-corrected chi connectivity index (χ0v) is 15.0. The summed E-state index contributed by atoms with van der Waals surface area (Å²) in [6.07, 6.45) is 3.20. The van der Waals surface area contributed by atoms with E-state index in [1.807, 2.05) is 36.4 Å². The van der Waals surface area contributed by atoms with Crippen LogP contribution in [0.2, 0.25) is 0 Å². The van der Waals surface area contributed by atoms with Crippen molar-refractivity contribution >= 4 is 21.1 Å². The number of rotatable bonds is 5. The zero-order chi connectivity index (χ0) is 18.9. The monoisotopic (exact) mass is 380 g/mol. The Bertz CT molecular complexity index is 1200. The third kappa shape index (κ3) is 4.13. The molecule has 0 saturated heterocycles. The van der Waals surface area contributed by atoms with Crippen LogP contribution >= 0.6 is 0 Å². The highest BCUT2D eigenvalue weighted by molar-refractivity contribution is 7.84. The summed E-state index contributed by atoms with van der Waals surface area (Å²) in [5.74, 6) is 0.188. The fourth-order valence-corrected chi connectivity index (χ4v) is 3.31. The Kier molecular flexibility index (Phi) is 4.35. The normalized spacial score (nSPS) is 11.6. The predicted octanol–water partition coefficient (Wildman–Crippen LogP) is 2.73. The number of aromatic nitrogens is 3. The van der Waals surface area contributed by atoms with Crippen LogP contribution in [0, 0.1) is 0 Å². The van der Waals surface area contributed by atoms with E-state index < -0.39 is 10.3 Å². The fraction of sp³-hybridized carbons (Fsp3) is 0.0526. The Balaban J connectivity index is 1.65. The van der Waals surface area contributed by atoms with Crippen molar-refractivity contribution in [3.05, 3.63) is 78.9 Å². The van der Waals surface area contributed by atoms with Crippen LogP contribution < -0.4 is 9.32 Å². The van der Waals surface area contributed by atoms with Gasteiger partial charge in [0.15, 0.2) is 0 Å². The first-order valence-electron chi connectivity index (χ1n) is 8.14. The van der Waals surface area contributed by atoms with Crippen molar-refractivity contribution in [2.75, 3.05) is 0 Å². The lowest BCUT2D eigenvalue weighted by atomic mass is 9.99. The average Bonchev–Trinajstić information content (AvgIpc) is 3.13. The van der Waals surface area contributed by atoms with Gasteiger partial charge in [-0.3, -0.25) is 0 Å². The average molecular weight is 380 g/mol. The molecule has 0 saturated carbocycles. The molecule has 0 atom stereocenters. The smallest absolute Gasteiger partial charge is 0.371 e. The topological polar surface area (TPSA) is 100 Å². The molecule has 0 spiro atoms. The summed E-state index contributed by atoms with van der Waals surface area (Å²) in [7, 11) is -4.03. The van der Waals surface area contributed by atoms with Gasteiger partial charge in [0.25, 0.3) is 0 Å². The van der Waals surface area contributed by atoms with Gasteiger partial charge in [0.2, 0.25) is 0 Å². The quantitative estimate of drug-likeness (QED) is 0.574. The van der Waals surface area contributed by atoms with Gasteiger partial charge in [-0.1, -0.05) is 36.4 Å². The summed E-state index contributed by atoms with van der Waals surface area (Å²) in [4.78, 5) is 3.96. The minimum Gasteiger partial charge on any atom is -0.371 e. The van der Waals surface area contributed by atoms with Gasteiger partial charge in [-0.05, 0) is 51.7 Å². The molecule has 27 heavy (non-hydrogen) atoms. The summed E-state index contributed by atoms with van der Waals surface area (Å²) < 4.78 is 28.6. The Morgan fingerprint density at radius 3 is 2.52 bits per heavy atom. The molecule has 2 N–H and O–H groups in total. The molecule has 3 aromatic carbocycles. The molecule has 0 fully saturated rings. The first kappa shape index (κ1) is 17.2. The molecular formula is C19H16N4O3S. The van der Waals surface area contributed by atoms with E-state index in [2.05, 4.69) is 16.1 Å². The van der Waals surface area contributed by atoms with Crippen LogP contribution in [0.3, 0.4) is 0 Å². The molecule has 0 unspecified atom stereocenters. The lowest BCUT2D eigenvalue weighted by molar-refractivity contribution is 0.488. The zero-order valence-electron chi connectivity index (χ0n) is 14.2. The van der Waals surface area contributed by atoms with Gasteiger partial charge >= 0.3 is 10.3 Å². The SMILES string of the molecule is NS(=O)(=O)Oc1ccc2cc(-c3cccc(Cn4cncn4)c3)ccc2c1. The molecular weight excluding hydrogens is 364 g/mol. The van der Waals surface area contributed by atoms with Crippen LogP contribution in [-0.4, -0.2) is 23.2 Å². The highest BCUT2D eigenvalue weighted by atomic mass is 32.2. The molecule has 0 amide bonds. The van der Waals surface area contributed by atoms with E-state index >= 15 is 0 Å². The summed E-state index contributed by atoms with van der Waals surface area (Å²) in [5.41, 5.74) is 3.26. The predicted molar refractivity (Wildman–Crippen MR) is 102 cm³/mol. The van der Waals surface area contributed by atoms with Crippen molar-refractivity contribution in [1.82, 2.24) is 14.8 Å². The van der Waals surface area contributed by atoms with E-state index in [0.717, 1.165) is 27.5 Å². The first-order chi connectivity index (χ1) is 13.0. The van der Waals surface area contributed by atoms with Gasteiger partial charge in [-0.25, -0.2) is 9.67 Å². The minimum atomic E-state index is -4.03. The molecule has 4 aromatic rings. The molecule has 0 aliphatic carbocycles. The van der Waals surface area contributed by atoms with E-state index in [1.165, 1.54) is 6.33 Å². The van der Waals surface area contributed by atoms with Crippen LogP contribution in [-0.2, 0) is 16.8 Å². The summed E-state index contributed by atoms with van der Waals surface area (Å²) in [6, 6.07) is 19.2. The fourth-order valence-electron chi connectivity index (χ4n) is 2.94. The van der Waals surface area contributed by atoms with Gasteiger partial charge in [0.1, 0.15) is 18.4 Å². The van der Waals surface area contributed by atoms with Gasteiger partial charge in [0, 0.05) is 0 Å². The van der Waals surface area contributed by atoms with Crippen LogP contribution in [0.1, 0.15) is 5.56 Å². The van der Waals surface area contributed by atoms with Gasteiger partial charge < -0.3 is 4.18 Å². The Morgan fingerprint density at radius 2 is 1.74 bits per heavy atom. The Hall–Kier alpha value is -3.23. The molecule has 136 valence electrons. The Morgan fingerprint density at radius 1 is 0.963 bits per heavy atom. The molecule has 0 aliphatic rings. The number of fused-ring (bicyclic) bond motifs is 1. The first-order valence-corrected chi connectivity index (χ1v) is 9.61. The maximum atomic E-state index is 11.1. The number of benzene rings is 3. The summed E-state index contributed by atoms with van der Waals surface area (Å²) in [6.45, 7) is 0.648. The van der Waals surface area contributed by atoms with Crippen LogP contribution in [0.25, 0.3) is 21.9 Å². The van der Waals surface area contributed by atoms with Gasteiger partial charge in [-0.2, -0.15) is 18.7 Å². The minimum absolute atomic E-state index is 0.188. The second kappa shape index (κ2) is 6.82. The largest absolute Gasteiger partial charge is 0.380 e. The van der Waals surface area contributed by atoms with Crippen molar-refractivity contribution in [2.45, 2.75) is 6.54 Å². The van der Waals surface area contributed by atoms with E-state index in [-0.39, 0.29) is 5.75 Å². The number of hydrogen-bond acceptors (Lipinski definition) is 5.